The maximum Gasteiger partial charge on any atom is 0.203 e. The van der Waals surface area contributed by atoms with E-state index in [2.05, 4.69) is 27.6 Å². The Bertz CT molecular complexity index is 573. The third-order valence-corrected chi connectivity index (χ3v) is 4.58. The fourth-order valence-corrected chi connectivity index (χ4v) is 3.10. The zero-order valence-corrected chi connectivity index (χ0v) is 18.6. The average Bonchev–Trinajstić information content (AvgIpc) is 3.05. The van der Waals surface area contributed by atoms with Crippen LogP contribution >= 0.6 is 24.0 Å². The Morgan fingerprint density at radius 2 is 1.81 bits per heavy atom. The fraction of sp³-hybridized carbons (Fsp3) is 0.611. The van der Waals surface area contributed by atoms with Crippen LogP contribution in [0.1, 0.15) is 18.4 Å². The van der Waals surface area contributed by atoms with Crippen molar-refractivity contribution in [1.82, 2.24) is 15.5 Å². The Hall–Kier alpha value is -1.42. The zero-order chi connectivity index (χ0) is 18.2. The molecule has 1 unspecified atom stereocenters. The molecule has 2 rings (SSSR count). The van der Waals surface area contributed by atoms with Crippen LogP contribution in [0.5, 0.6) is 17.2 Å². The molecular formula is C18H31IN4O3. The van der Waals surface area contributed by atoms with Crippen LogP contribution in [-0.2, 0) is 6.54 Å². The smallest absolute Gasteiger partial charge is 0.203 e. The highest BCUT2D eigenvalue weighted by molar-refractivity contribution is 14.0. The van der Waals surface area contributed by atoms with Crippen molar-refractivity contribution in [3.8, 4) is 17.2 Å². The predicted octanol–water partition coefficient (Wildman–Crippen LogP) is 2.09. The average molecular weight is 478 g/mol. The summed E-state index contributed by atoms with van der Waals surface area (Å²) in [6.07, 6.45) is 2.49. The van der Waals surface area contributed by atoms with Gasteiger partial charge in [0.2, 0.25) is 5.75 Å². The van der Waals surface area contributed by atoms with Crippen molar-refractivity contribution < 1.29 is 14.2 Å². The van der Waals surface area contributed by atoms with Crippen LogP contribution in [0.15, 0.2) is 17.1 Å². The number of halogens is 1. The van der Waals surface area contributed by atoms with Crippen molar-refractivity contribution in [3.05, 3.63) is 17.7 Å². The van der Waals surface area contributed by atoms with Crippen molar-refractivity contribution >= 4 is 29.9 Å². The van der Waals surface area contributed by atoms with E-state index in [1.54, 1.807) is 28.4 Å². The Morgan fingerprint density at radius 1 is 1.15 bits per heavy atom. The number of likely N-dealkylation sites (tertiary alicyclic amines) is 1. The summed E-state index contributed by atoms with van der Waals surface area (Å²) in [4.78, 5) is 6.69. The molecule has 7 nitrogen and oxygen atoms in total. The van der Waals surface area contributed by atoms with Crippen molar-refractivity contribution in [2.45, 2.75) is 25.4 Å². The summed E-state index contributed by atoms with van der Waals surface area (Å²) in [5.74, 6) is 2.68. The molecule has 1 aliphatic heterocycles. The van der Waals surface area contributed by atoms with Gasteiger partial charge in [-0.1, -0.05) is 0 Å². The second-order valence-corrected chi connectivity index (χ2v) is 6.12. The maximum absolute atomic E-state index is 5.40. The van der Waals surface area contributed by atoms with Crippen LogP contribution in [0.4, 0.5) is 0 Å². The number of likely N-dealkylation sites (N-methyl/N-ethyl adjacent to an activating group) is 1. The molecule has 0 spiro atoms. The van der Waals surface area contributed by atoms with Crippen LogP contribution in [0.3, 0.4) is 0 Å². The summed E-state index contributed by atoms with van der Waals surface area (Å²) in [6.45, 7) is 2.67. The SMILES string of the molecule is CN=C(NCc1cc(OC)c(OC)c(OC)c1)NCC1CCCN1C.I. The number of guanidine groups is 1. The van der Waals surface area contributed by atoms with Gasteiger partial charge in [-0.3, -0.25) is 4.99 Å². The van der Waals surface area contributed by atoms with Crippen molar-refractivity contribution in [2.75, 3.05) is 48.5 Å². The first kappa shape index (κ1) is 22.6. The quantitative estimate of drug-likeness (QED) is 0.356. The van der Waals surface area contributed by atoms with Gasteiger partial charge in [0.05, 0.1) is 21.3 Å². The fourth-order valence-electron chi connectivity index (χ4n) is 3.10. The van der Waals surface area contributed by atoms with E-state index in [1.165, 1.54) is 19.4 Å². The molecule has 0 radical (unpaired) electrons. The second-order valence-electron chi connectivity index (χ2n) is 6.12. The molecule has 1 atom stereocenters. The molecule has 0 aromatic heterocycles. The van der Waals surface area contributed by atoms with Crippen molar-refractivity contribution in [2.24, 2.45) is 4.99 Å². The third kappa shape index (κ3) is 5.80. The molecule has 1 fully saturated rings. The van der Waals surface area contributed by atoms with Gasteiger partial charge in [-0.25, -0.2) is 0 Å². The Morgan fingerprint density at radius 3 is 2.27 bits per heavy atom. The summed E-state index contributed by atoms with van der Waals surface area (Å²) >= 11 is 0. The molecule has 8 heteroatoms. The molecule has 1 aromatic carbocycles. The van der Waals surface area contributed by atoms with E-state index in [-0.39, 0.29) is 24.0 Å². The lowest BCUT2D eigenvalue weighted by atomic mass is 10.2. The highest BCUT2D eigenvalue weighted by atomic mass is 127. The molecule has 0 amide bonds. The first-order chi connectivity index (χ1) is 12.1. The van der Waals surface area contributed by atoms with Crippen molar-refractivity contribution in [1.29, 1.82) is 0 Å². The number of rotatable bonds is 7. The third-order valence-electron chi connectivity index (χ3n) is 4.58. The number of methoxy groups -OCH3 is 3. The second kappa shape index (κ2) is 11.3. The molecule has 2 N–H and O–H groups in total. The predicted molar refractivity (Wildman–Crippen MR) is 115 cm³/mol. The largest absolute Gasteiger partial charge is 0.493 e. The van der Waals surface area contributed by atoms with Gasteiger partial charge in [-0.15, -0.1) is 24.0 Å². The first-order valence-corrected chi connectivity index (χ1v) is 8.56. The van der Waals surface area contributed by atoms with Gasteiger partial charge in [0, 0.05) is 26.2 Å². The van der Waals surface area contributed by atoms with E-state index >= 15 is 0 Å². The van der Waals surface area contributed by atoms with Crippen LogP contribution in [-0.4, -0.2) is 65.4 Å². The summed E-state index contributed by atoms with van der Waals surface area (Å²) in [7, 11) is 8.79. The van der Waals surface area contributed by atoms with E-state index < -0.39 is 0 Å². The number of hydrogen-bond donors (Lipinski definition) is 2. The molecule has 1 saturated heterocycles. The van der Waals surface area contributed by atoms with E-state index in [9.17, 15) is 0 Å². The van der Waals surface area contributed by atoms with Crippen LogP contribution in [0.2, 0.25) is 0 Å². The minimum atomic E-state index is 0. The van der Waals surface area contributed by atoms with Crippen LogP contribution in [0, 0.1) is 0 Å². The lowest BCUT2D eigenvalue weighted by molar-refractivity contribution is 0.309. The van der Waals surface area contributed by atoms with E-state index in [1.807, 2.05) is 12.1 Å². The Balaban J connectivity index is 0.00000338. The molecule has 148 valence electrons. The Labute approximate surface area is 173 Å². The molecule has 26 heavy (non-hydrogen) atoms. The summed E-state index contributed by atoms with van der Waals surface area (Å²) in [5.41, 5.74) is 1.02. The van der Waals surface area contributed by atoms with Gasteiger partial charge in [0.15, 0.2) is 17.5 Å². The molecule has 0 saturated carbocycles. The minimum Gasteiger partial charge on any atom is -0.493 e. The number of aliphatic imine (C=N–C) groups is 1. The van der Waals surface area contributed by atoms with E-state index in [4.69, 9.17) is 14.2 Å². The number of benzene rings is 1. The Kier molecular flexibility index (Phi) is 9.85. The zero-order valence-electron chi connectivity index (χ0n) is 16.3. The van der Waals surface area contributed by atoms with Crippen LogP contribution < -0.4 is 24.8 Å². The normalized spacial score (nSPS) is 17.4. The molecule has 0 aliphatic carbocycles. The highest BCUT2D eigenvalue weighted by Gasteiger charge is 2.20. The molecule has 1 aliphatic rings. The van der Waals surface area contributed by atoms with Gasteiger partial charge >= 0.3 is 0 Å². The standard InChI is InChI=1S/C18H30N4O3.HI/c1-19-18(21-12-14-7-6-8-22(14)2)20-11-13-9-15(23-3)17(25-5)16(10-13)24-4;/h9-10,14H,6-8,11-12H2,1-5H3,(H2,19,20,21);1H. The van der Waals surface area contributed by atoms with Crippen molar-refractivity contribution in [3.63, 3.8) is 0 Å². The summed E-state index contributed by atoms with van der Waals surface area (Å²) < 4.78 is 16.1. The highest BCUT2D eigenvalue weighted by Crippen LogP contribution is 2.38. The van der Waals surface area contributed by atoms with E-state index in [0.717, 1.165) is 18.1 Å². The lowest BCUT2D eigenvalue weighted by Gasteiger charge is -2.21. The molecule has 1 heterocycles. The number of ether oxygens (including phenoxy) is 3. The van der Waals surface area contributed by atoms with Gasteiger partial charge in [-0.05, 0) is 44.1 Å². The van der Waals surface area contributed by atoms with Gasteiger partial charge in [0.1, 0.15) is 0 Å². The molecule has 1 aromatic rings. The van der Waals surface area contributed by atoms with E-state index in [0.29, 0.717) is 29.8 Å². The molecular weight excluding hydrogens is 447 g/mol. The summed E-state index contributed by atoms with van der Waals surface area (Å²) in [5, 5.41) is 6.73. The number of nitrogens with one attached hydrogen (secondary N) is 2. The number of hydrogen-bond acceptors (Lipinski definition) is 5. The van der Waals surface area contributed by atoms with Gasteiger partial charge in [0.25, 0.3) is 0 Å². The van der Waals surface area contributed by atoms with Gasteiger partial charge in [-0.2, -0.15) is 0 Å². The monoisotopic (exact) mass is 478 g/mol. The summed E-state index contributed by atoms with van der Waals surface area (Å²) in [6, 6.07) is 4.44. The number of nitrogens with zero attached hydrogens (tertiary/aromatic N) is 2. The maximum atomic E-state index is 5.40. The molecule has 0 bridgehead atoms. The van der Waals surface area contributed by atoms with Gasteiger partial charge < -0.3 is 29.7 Å². The topological polar surface area (TPSA) is 67.4 Å². The lowest BCUT2D eigenvalue weighted by Crippen LogP contribution is -2.43. The minimum absolute atomic E-state index is 0. The first-order valence-electron chi connectivity index (χ1n) is 8.56. The van der Waals surface area contributed by atoms with Crippen LogP contribution in [0.25, 0.3) is 0 Å².